The second-order valence-electron chi connectivity index (χ2n) is 0. The summed E-state index contributed by atoms with van der Waals surface area (Å²) in [5.74, 6) is 0. The van der Waals surface area contributed by atoms with E-state index in [0.717, 1.165) is 0 Å². The van der Waals surface area contributed by atoms with Crippen LogP contribution in [0.1, 0.15) is 0 Å². The van der Waals surface area contributed by atoms with Crippen LogP contribution in [0.3, 0.4) is 0 Å². The first-order chi connectivity index (χ1) is 1.00. The van der Waals surface area contributed by atoms with Gasteiger partial charge < -0.3 is 29.7 Å². The predicted molar refractivity (Wildman–Crippen MR) is 20.3 cm³/mol. The third-order valence-electron chi connectivity index (χ3n) is 0. The fourth-order valence-electron chi connectivity index (χ4n) is 0. The molecule has 27 valence electrons. The van der Waals surface area contributed by atoms with Crippen LogP contribution in [0.25, 0.3) is 0 Å². The average molecular weight is 499 g/mol. The first-order valence-electron chi connectivity index (χ1n) is 0.707. The van der Waals surface area contributed by atoms with E-state index in [0.29, 0.717) is 0 Å². The van der Waals surface area contributed by atoms with Crippen LogP contribution in [0.15, 0.2) is 0 Å². The van der Waals surface area contributed by atoms with Gasteiger partial charge in [-0.15, -0.1) is 0 Å². The molecule has 5 radical (unpaired) electrons. The Kier molecular flexibility index (Phi) is 119. The molecule has 0 aromatic heterocycles. The summed E-state index contributed by atoms with van der Waals surface area (Å²) in [6, 6.07) is 0. The van der Waals surface area contributed by atoms with Crippen molar-refractivity contribution in [3.63, 3.8) is 0 Å². The van der Waals surface area contributed by atoms with E-state index in [1.165, 1.54) is 0 Å². The molecule has 0 heterocycles. The fraction of sp³-hybridized carbons (Fsp3) is 1.00. The first-order valence-corrected chi connectivity index (χ1v) is 0.707. The summed E-state index contributed by atoms with van der Waals surface area (Å²) in [5, 5.41) is 0. The van der Waals surface area contributed by atoms with Crippen LogP contribution in [-0.2, 0) is 0 Å². The minimum Gasteiger partial charge on any atom is -1.00 e. The summed E-state index contributed by atoms with van der Waals surface area (Å²) in [7, 11) is 1.75. The Morgan fingerprint density at radius 2 is 1.20 bits per heavy atom. The van der Waals surface area contributed by atoms with Gasteiger partial charge in [-0.25, -0.2) is 0 Å². The molecule has 4 heteroatoms. The Labute approximate surface area is 129 Å². The maximum atomic E-state index is 3.25. The van der Waals surface area contributed by atoms with Crippen molar-refractivity contribution in [3.05, 3.63) is 0 Å². The molecule has 0 amide bonds. The zero-order valence-corrected chi connectivity index (χ0v) is 15.9. The van der Waals surface area contributed by atoms with E-state index in [1.807, 2.05) is 0 Å². The van der Waals surface area contributed by atoms with E-state index >= 15 is 0 Å². The van der Waals surface area contributed by atoms with Crippen molar-refractivity contribution < 1.29 is 29.7 Å². The molecule has 0 bridgehead atoms. The van der Waals surface area contributed by atoms with Crippen molar-refractivity contribution in [1.29, 1.82) is 0 Å². The number of rotatable bonds is 0. The number of halogens is 1. The Hall–Kier alpha value is 3.66. The topological polar surface area (TPSA) is 27.6 Å². The van der Waals surface area contributed by atoms with Crippen molar-refractivity contribution >= 4 is 96.2 Å². The molecule has 0 aromatic rings. The second-order valence-corrected chi connectivity index (χ2v) is 0. The molecule has 0 aliphatic heterocycles. The van der Waals surface area contributed by atoms with Crippen LogP contribution < -0.4 is 29.7 Å². The fourth-order valence-corrected chi connectivity index (χ4v) is 0. The molecule has 0 saturated carbocycles. The molecule has 0 spiro atoms. The Morgan fingerprint density at radius 3 is 1.20 bits per heavy atom. The van der Waals surface area contributed by atoms with Gasteiger partial charge in [-0.3, -0.25) is 0 Å². The van der Waals surface area contributed by atoms with Gasteiger partial charge in [0.15, 0.2) is 0 Å². The molecule has 5 heavy (non-hydrogen) atoms. The van der Waals surface area contributed by atoms with Crippen molar-refractivity contribution in [2.75, 3.05) is 7.05 Å². The zero-order chi connectivity index (χ0) is 2.00. The molecular formula is CH6CsINPb. The maximum Gasteiger partial charge on any atom is 0.0634 e. The predicted octanol–water partition coefficient (Wildman–Crippen LogP) is -4.90. The van der Waals surface area contributed by atoms with Crippen LogP contribution in [0, 0.1) is 0 Å². The minimum absolute atomic E-state index is 0. The average Bonchev–Trinajstić information content (AvgIpc) is 1.00. The van der Waals surface area contributed by atoms with Crippen molar-refractivity contribution in [2.24, 2.45) is 0 Å². The summed E-state index contributed by atoms with van der Waals surface area (Å²) in [4.78, 5) is 0. The van der Waals surface area contributed by atoms with Crippen molar-refractivity contribution in [2.45, 2.75) is 0 Å². The van der Waals surface area contributed by atoms with Crippen LogP contribution in [0.2, 0.25) is 0 Å². The van der Waals surface area contributed by atoms with Gasteiger partial charge in [0.2, 0.25) is 0 Å². The van der Waals surface area contributed by atoms with Crippen LogP contribution in [0.4, 0.5) is 0 Å². The minimum atomic E-state index is 0. The van der Waals surface area contributed by atoms with Crippen molar-refractivity contribution in [3.8, 4) is 0 Å². The van der Waals surface area contributed by atoms with Gasteiger partial charge in [-0.2, -0.15) is 0 Å². The summed E-state index contributed by atoms with van der Waals surface area (Å²) < 4.78 is 0. The largest absolute Gasteiger partial charge is 1.00 e. The molecule has 0 unspecified atom stereocenters. The monoisotopic (exact) mass is 500 g/mol. The Morgan fingerprint density at radius 1 is 1.20 bits per heavy atom. The third-order valence-corrected chi connectivity index (χ3v) is 0. The van der Waals surface area contributed by atoms with Gasteiger partial charge in [0.1, 0.15) is 0 Å². The van der Waals surface area contributed by atoms with Gasteiger partial charge in [-0.1, -0.05) is 0 Å². The first kappa shape index (κ1) is 23.4. The van der Waals surface area contributed by atoms with E-state index in [4.69, 9.17) is 0 Å². The summed E-state index contributed by atoms with van der Waals surface area (Å²) in [6.07, 6.45) is 0. The van der Waals surface area contributed by atoms with Crippen LogP contribution in [0.5, 0.6) is 0 Å². The molecule has 0 aromatic carbocycles. The molecule has 0 aliphatic carbocycles. The molecule has 1 nitrogen and oxygen atoms in total. The Bertz CT molecular complexity index is 11.6. The van der Waals surface area contributed by atoms with E-state index in [-0.39, 0.29) is 120 Å². The summed E-state index contributed by atoms with van der Waals surface area (Å²) in [5.41, 5.74) is 3.25. The van der Waals surface area contributed by atoms with E-state index in [2.05, 4.69) is 5.73 Å². The van der Waals surface area contributed by atoms with Gasteiger partial charge in [0.25, 0.3) is 0 Å². The van der Waals surface area contributed by atoms with E-state index in [9.17, 15) is 0 Å². The van der Waals surface area contributed by atoms with Gasteiger partial charge in [-0.05, 0) is 0 Å². The molecular weight excluding hydrogens is 493 g/mol. The normalized spacial score (nSPS) is 1.20. The maximum absolute atomic E-state index is 3.25. The van der Waals surface area contributed by atoms with Gasteiger partial charge >= 0.3 is 0 Å². The van der Waals surface area contributed by atoms with Crippen molar-refractivity contribution in [1.82, 2.24) is 0 Å². The summed E-state index contributed by atoms with van der Waals surface area (Å²) in [6.45, 7) is 0. The smallest absolute Gasteiger partial charge is 0.0634 e. The van der Waals surface area contributed by atoms with E-state index < -0.39 is 0 Å². The SMILES string of the molecule is C[NH3+].[Cs].[I-].[Pb]. The number of quaternary nitrogens is 1. The summed E-state index contributed by atoms with van der Waals surface area (Å²) >= 11 is 0. The molecule has 0 atom stereocenters. The second kappa shape index (κ2) is 25.4. The number of hydrogen-bond acceptors (Lipinski definition) is 0. The van der Waals surface area contributed by atoms with E-state index in [1.54, 1.807) is 7.05 Å². The zero-order valence-electron chi connectivity index (χ0n) is 3.59. The van der Waals surface area contributed by atoms with Crippen LogP contribution in [-0.4, -0.2) is 103 Å². The quantitative estimate of drug-likeness (QED) is 0.256. The molecule has 0 saturated heterocycles. The number of hydrogen-bond donors (Lipinski definition) is 1. The third kappa shape index (κ3) is 18.3. The van der Waals surface area contributed by atoms with Gasteiger partial charge in [0, 0.05) is 96.2 Å². The Balaban J connectivity index is -0.00000000167. The molecule has 3 N–H and O–H groups in total. The standard InChI is InChI=1S/CH5N.Cs.HI.Pb/c1-2;;;/h2H2,1H3;;1H;. The molecule has 0 rings (SSSR count). The van der Waals surface area contributed by atoms with Gasteiger partial charge in [0.05, 0.1) is 7.05 Å². The van der Waals surface area contributed by atoms with Crippen LogP contribution >= 0.6 is 0 Å². The molecule has 0 aliphatic rings. The molecule has 0 fully saturated rings.